The van der Waals surface area contributed by atoms with E-state index < -0.39 is 10.0 Å². The van der Waals surface area contributed by atoms with Crippen LogP contribution in [0.15, 0.2) is 67.0 Å². The minimum Gasteiger partial charge on any atom is -0.348 e. The normalized spacial score (nSPS) is 11.2. The summed E-state index contributed by atoms with van der Waals surface area (Å²) in [5.74, 6) is -0.233. The maximum Gasteiger partial charge on any atom is 0.251 e. The Kier molecular flexibility index (Phi) is 6.97. The minimum atomic E-state index is -3.62. The lowest BCUT2D eigenvalue weighted by Gasteiger charge is -2.24. The highest BCUT2D eigenvalue weighted by molar-refractivity contribution is 7.92. The van der Waals surface area contributed by atoms with E-state index in [-0.39, 0.29) is 22.5 Å². The molecule has 3 rings (SSSR count). The third kappa shape index (κ3) is 5.50. The SMILES string of the molecule is CS(=O)(=O)N(Cc1ccc(C(=O)NCc2cccnc2)cc1)c1cccc(Cl)c1Cl. The van der Waals surface area contributed by atoms with Crippen molar-refractivity contribution in [1.29, 1.82) is 0 Å². The van der Waals surface area contributed by atoms with Crippen molar-refractivity contribution in [2.24, 2.45) is 0 Å². The van der Waals surface area contributed by atoms with Crippen LogP contribution >= 0.6 is 23.2 Å². The zero-order chi connectivity index (χ0) is 21.7. The molecule has 30 heavy (non-hydrogen) atoms. The van der Waals surface area contributed by atoms with Gasteiger partial charge in [0.15, 0.2) is 0 Å². The van der Waals surface area contributed by atoms with Gasteiger partial charge in [0.05, 0.1) is 28.5 Å². The molecule has 0 aliphatic carbocycles. The lowest BCUT2D eigenvalue weighted by molar-refractivity contribution is 0.0951. The molecule has 2 aromatic carbocycles. The monoisotopic (exact) mass is 463 g/mol. The first-order valence-electron chi connectivity index (χ1n) is 8.93. The number of aromatic nitrogens is 1. The highest BCUT2D eigenvalue weighted by Crippen LogP contribution is 2.34. The molecule has 0 atom stereocenters. The molecule has 0 aliphatic heterocycles. The molecule has 9 heteroatoms. The highest BCUT2D eigenvalue weighted by Gasteiger charge is 2.21. The number of rotatable bonds is 7. The molecular weight excluding hydrogens is 445 g/mol. The van der Waals surface area contributed by atoms with Gasteiger partial charge in [0.1, 0.15) is 0 Å². The van der Waals surface area contributed by atoms with Crippen LogP contribution < -0.4 is 9.62 Å². The molecule has 0 spiro atoms. The van der Waals surface area contributed by atoms with Gasteiger partial charge < -0.3 is 5.32 Å². The first kappa shape index (κ1) is 22.1. The van der Waals surface area contributed by atoms with Gasteiger partial charge >= 0.3 is 0 Å². The fourth-order valence-electron chi connectivity index (χ4n) is 2.78. The van der Waals surface area contributed by atoms with E-state index in [0.717, 1.165) is 11.8 Å². The van der Waals surface area contributed by atoms with Gasteiger partial charge in [0.2, 0.25) is 10.0 Å². The number of benzene rings is 2. The summed E-state index contributed by atoms with van der Waals surface area (Å²) in [6.45, 7) is 0.417. The molecule has 1 aromatic heterocycles. The number of sulfonamides is 1. The van der Waals surface area contributed by atoms with E-state index in [1.54, 1.807) is 60.9 Å². The van der Waals surface area contributed by atoms with Crippen molar-refractivity contribution in [1.82, 2.24) is 10.3 Å². The second-order valence-electron chi connectivity index (χ2n) is 6.58. The Morgan fingerprint density at radius 2 is 1.77 bits per heavy atom. The molecule has 0 aliphatic rings. The number of halogens is 2. The van der Waals surface area contributed by atoms with E-state index in [0.29, 0.717) is 23.4 Å². The van der Waals surface area contributed by atoms with Crippen LogP contribution in [0.3, 0.4) is 0 Å². The zero-order valence-corrected chi connectivity index (χ0v) is 18.4. The van der Waals surface area contributed by atoms with Crippen LogP contribution in [0.2, 0.25) is 10.0 Å². The fourth-order valence-corrected chi connectivity index (χ4v) is 4.12. The molecule has 156 valence electrons. The van der Waals surface area contributed by atoms with E-state index in [9.17, 15) is 13.2 Å². The molecule has 0 unspecified atom stereocenters. The molecule has 3 aromatic rings. The van der Waals surface area contributed by atoms with Crippen LogP contribution in [0.25, 0.3) is 0 Å². The summed E-state index contributed by atoms with van der Waals surface area (Å²) in [5.41, 5.74) is 2.35. The summed E-state index contributed by atoms with van der Waals surface area (Å²) in [6.07, 6.45) is 4.45. The number of nitrogens with zero attached hydrogens (tertiary/aromatic N) is 2. The number of anilines is 1. The summed E-state index contributed by atoms with van der Waals surface area (Å²) in [5, 5.41) is 3.25. The molecule has 0 saturated carbocycles. The number of hydrogen-bond donors (Lipinski definition) is 1. The first-order chi connectivity index (χ1) is 14.3. The van der Waals surface area contributed by atoms with Crippen LogP contribution in [0.5, 0.6) is 0 Å². The highest BCUT2D eigenvalue weighted by atomic mass is 35.5. The van der Waals surface area contributed by atoms with Gasteiger partial charge in [-0.1, -0.05) is 47.5 Å². The van der Waals surface area contributed by atoms with Gasteiger partial charge in [-0.15, -0.1) is 0 Å². The standard InChI is InChI=1S/C21H19Cl2N3O3S/c1-30(28,29)26(19-6-2-5-18(22)20(19)23)14-15-7-9-17(10-8-15)21(27)25-13-16-4-3-11-24-12-16/h2-12H,13-14H2,1H3,(H,25,27). The van der Waals surface area contributed by atoms with Crippen molar-refractivity contribution in [3.63, 3.8) is 0 Å². The summed E-state index contributed by atoms with van der Waals surface area (Å²) < 4.78 is 25.9. The van der Waals surface area contributed by atoms with Crippen LogP contribution in [-0.2, 0) is 23.1 Å². The maximum atomic E-state index is 12.3. The third-order valence-corrected chi connectivity index (χ3v) is 6.25. The molecule has 0 radical (unpaired) electrons. The number of carbonyl (C=O) groups is 1. The summed E-state index contributed by atoms with van der Waals surface area (Å²) in [7, 11) is -3.62. The van der Waals surface area contributed by atoms with Gasteiger partial charge in [-0.2, -0.15) is 0 Å². The van der Waals surface area contributed by atoms with Crippen LogP contribution in [0.4, 0.5) is 5.69 Å². The van der Waals surface area contributed by atoms with Crippen molar-refractivity contribution >= 4 is 44.8 Å². The van der Waals surface area contributed by atoms with Gasteiger partial charge in [-0.25, -0.2) is 8.42 Å². The van der Waals surface area contributed by atoms with Gasteiger partial charge in [-0.05, 0) is 41.5 Å². The number of nitrogens with one attached hydrogen (secondary N) is 1. The lowest BCUT2D eigenvalue weighted by atomic mass is 10.1. The quantitative estimate of drug-likeness (QED) is 0.566. The van der Waals surface area contributed by atoms with Gasteiger partial charge in [-0.3, -0.25) is 14.1 Å². The van der Waals surface area contributed by atoms with Crippen molar-refractivity contribution in [2.45, 2.75) is 13.1 Å². The Labute approximate surface area is 185 Å². The summed E-state index contributed by atoms with van der Waals surface area (Å²) in [6, 6.07) is 15.2. The molecule has 1 N–H and O–H groups in total. The van der Waals surface area contributed by atoms with Crippen LogP contribution in [0, 0.1) is 0 Å². The van der Waals surface area contributed by atoms with E-state index in [1.807, 2.05) is 6.07 Å². The Morgan fingerprint density at radius 1 is 1.03 bits per heavy atom. The number of amides is 1. The van der Waals surface area contributed by atoms with Gasteiger partial charge in [0, 0.05) is 24.5 Å². The van der Waals surface area contributed by atoms with Crippen molar-refractivity contribution in [3.8, 4) is 0 Å². The maximum absolute atomic E-state index is 12.3. The molecular formula is C21H19Cl2N3O3S. The van der Waals surface area contributed by atoms with E-state index >= 15 is 0 Å². The van der Waals surface area contributed by atoms with E-state index in [4.69, 9.17) is 23.2 Å². The molecule has 0 bridgehead atoms. The third-order valence-electron chi connectivity index (χ3n) is 4.32. The Balaban J connectivity index is 1.74. The largest absolute Gasteiger partial charge is 0.348 e. The number of hydrogen-bond acceptors (Lipinski definition) is 4. The first-order valence-corrected chi connectivity index (χ1v) is 11.5. The lowest BCUT2D eigenvalue weighted by Crippen LogP contribution is -2.29. The zero-order valence-electron chi connectivity index (χ0n) is 16.0. The van der Waals surface area contributed by atoms with Gasteiger partial charge in [0.25, 0.3) is 5.91 Å². The summed E-state index contributed by atoms with van der Waals surface area (Å²) >= 11 is 12.3. The average Bonchev–Trinajstić information content (AvgIpc) is 2.73. The number of pyridine rings is 1. The Bertz CT molecular complexity index is 1140. The average molecular weight is 464 g/mol. The van der Waals surface area contributed by atoms with E-state index in [1.165, 1.54) is 4.31 Å². The predicted molar refractivity (Wildman–Crippen MR) is 119 cm³/mol. The van der Waals surface area contributed by atoms with Crippen molar-refractivity contribution in [3.05, 3.63) is 93.7 Å². The Hall–Kier alpha value is -2.61. The van der Waals surface area contributed by atoms with Crippen LogP contribution in [-0.4, -0.2) is 25.6 Å². The molecule has 1 heterocycles. The Morgan fingerprint density at radius 3 is 2.40 bits per heavy atom. The van der Waals surface area contributed by atoms with Crippen molar-refractivity contribution in [2.75, 3.05) is 10.6 Å². The molecule has 0 saturated heterocycles. The summed E-state index contributed by atoms with van der Waals surface area (Å²) in [4.78, 5) is 16.4. The second kappa shape index (κ2) is 9.47. The topological polar surface area (TPSA) is 79.4 Å². The molecule has 6 nitrogen and oxygen atoms in total. The smallest absolute Gasteiger partial charge is 0.251 e. The molecule has 1 amide bonds. The second-order valence-corrected chi connectivity index (χ2v) is 9.28. The predicted octanol–water partition coefficient (Wildman–Crippen LogP) is 4.28. The van der Waals surface area contributed by atoms with E-state index in [2.05, 4.69) is 10.3 Å². The fraction of sp³-hybridized carbons (Fsp3) is 0.143. The van der Waals surface area contributed by atoms with Crippen LogP contribution in [0.1, 0.15) is 21.5 Å². The number of carbonyl (C=O) groups excluding carboxylic acids is 1. The minimum absolute atomic E-state index is 0.0521. The molecule has 0 fully saturated rings. The van der Waals surface area contributed by atoms with Crippen molar-refractivity contribution < 1.29 is 13.2 Å².